The van der Waals surface area contributed by atoms with E-state index < -0.39 is 0 Å². The van der Waals surface area contributed by atoms with E-state index in [1.54, 1.807) is 0 Å². The number of hydrogen-bond acceptors (Lipinski definition) is 2. The quantitative estimate of drug-likeness (QED) is 0.292. The Morgan fingerprint density at radius 2 is 1.60 bits per heavy atom. The van der Waals surface area contributed by atoms with Crippen molar-refractivity contribution in [3.05, 3.63) is 0 Å². The molecule has 0 aromatic carbocycles. The fourth-order valence-electron chi connectivity index (χ4n) is 0. The van der Waals surface area contributed by atoms with E-state index in [1.807, 2.05) is 0 Å². The van der Waals surface area contributed by atoms with Gasteiger partial charge in [-0.2, -0.15) is 0 Å². The summed E-state index contributed by atoms with van der Waals surface area (Å²) in [5, 5.41) is 0. The zero-order valence-electron chi connectivity index (χ0n) is 3.36. The van der Waals surface area contributed by atoms with Crippen LogP contribution in [0.2, 0.25) is 0 Å². The van der Waals surface area contributed by atoms with Crippen LogP contribution in [0.3, 0.4) is 0 Å². The van der Waals surface area contributed by atoms with E-state index in [0.717, 1.165) is 0 Å². The fraction of sp³-hybridized carbons (Fsp3) is 0.500. The fourth-order valence-corrected chi connectivity index (χ4v) is 0. The molecule has 0 aliphatic rings. The Hall–Kier alpha value is 0.630. The molecule has 0 spiro atoms. The molecule has 0 fully saturated rings. The minimum Gasteiger partial charge on any atom is -0.870 e. The first-order chi connectivity index (χ1) is 1.41. The molecule has 0 unspecified atom stereocenters. The summed E-state index contributed by atoms with van der Waals surface area (Å²) in [6, 6.07) is 0. The van der Waals surface area contributed by atoms with Crippen molar-refractivity contribution in [2.24, 2.45) is 0 Å². The molecule has 3 heteroatoms. The van der Waals surface area contributed by atoms with Gasteiger partial charge in [0.25, 0.3) is 0 Å². The molecule has 0 saturated heterocycles. The average Bonchev–Trinajstić information content (AvgIpc) is 0.918. The second kappa shape index (κ2) is 23.0. The SMILES string of the molecule is C[C]=O.[Na+].[OH-]. The summed E-state index contributed by atoms with van der Waals surface area (Å²) in [6.45, 7) is 1.32. The van der Waals surface area contributed by atoms with Crippen molar-refractivity contribution < 1.29 is 39.8 Å². The zero-order valence-corrected chi connectivity index (χ0v) is 5.36. The summed E-state index contributed by atoms with van der Waals surface area (Å²) in [5.41, 5.74) is 0. The normalized spacial score (nSPS) is 2.60. The van der Waals surface area contributed by atoms with Crippen LogP contribution in [0.25, 0.3) is 0 Å². The van der Waals surface area contributed by atoms with Crippen molar-refractivity contribution in [3.63, 3.8) is 0 Å². The van der Waals surface area contributed by atoms with Gasteiger partial charge >= 0.3 is 29.6 Å². The molecule has 0 aromatic rings. The van der Waals surface area contributed by atoms with Crippen molar-refractivity contribution in [3.8, 4) is 0 Å². The van der Waals surface area contributed by atoms with Gasteiger partial charge in [0.15, 0.2) is 6.29 Å². The van der Waals surface area contributed by atoms with Crippen molar-refractivity contribution >= 4 is 6.29 Å². The smallest absolute Gasteiger partial charge is 0.870 e. The summed E-state index contributed by atoms with van der Waals surface area (Å²) in [4.78, 5) is 8.68. The Balaban J connectivity index is -0.0000000200. The second-order valence-electron chi connectivity index (χ2n) is 0.204. The molecular weight excluding hydrogens is 79.0 g/mol. The van der Waals surface area contributed by atoms with Crippen LogP contribution in [-0.4, -0.2) is 11.8 Å². The van der Waals surface area contributed by atoms with Crippen LogP contribution in [0.1, 0.15) is 6.92 Å². The molecule has 0 atom stereocenters. The largest absolute Gasteiger partial charge is 1.00 e. The maximum absolute atomic E-state index is 8.68. The van der Waals surface area contributed by atoms with E-state index in [9.17, 15) is 0 Å². The van der Waals surface area contributed by atoms with Crippen molar-refractivity contribution in [1.29, 1.82) is 0 Å². The Kier molecular flexibility index (Phi) is 80.1. The van der Waals surface area contributed by atoms with Crippen LogP contribution < -0.4 is 29.6 Å². The predicted octanol–water partition coefficient (Wildman–Crippen LogP) is -3.06. The summed E-state index contributed by atoms with van der Waals surface area (Å²) < 4.78 is 0. The number of hydrogen-bond donors (Lipinski definition) is 0. The maximum atomic E-state index is 8.68. The van der Waals surface area contributed by atoms with Gasteiger partial charge in [-0.3, -0.25) is 4.79 Å². The van der Waals surface area contributed by atoms with Crippen molar-refractivity contribution in [2.75, 3.05) is 0 Å². The summed E-state index contributed by atoms with van der Waals surface area (Å²) in [5.74, 6) is 0. The monoisotopic (exact) mass is 83.0 g/mol. The Bertz CT molecular complexity index is 15.1. The van der Waals surface area contributed by atoms with E-state index in [4.69, 9.17) is 4.79 Å². The third-order valence-electron chi connectivity index (χ3n) is 0. The molecular formula is C2H4NaO2. The van der Waals surface area contributed by atoms with Crippen LogP contribution in [0.4, 0.5) is 0 Å². The molecule has 0 heterocycles. The van der Waals surface area contributed by atoms with Crippen LogP contribution in [0.15, 0.2) is 0 Å². The van der Waals surface area contributed by atoms with Crippen molar-refractivity contribution in [2.45, 2.75) is 6.92 Å². The summed E-state index contributed by atoms with van der Waals surface area (Å²) in [7, 11) is 0. The standard InChI is InChI=1S/C2H3O.Na.H2O/c1-2-3;;/h1H3;;1H2/q;+1;/p-1. The van der Waals surface area contributed by atoms with Crippen LogP contribution in [0, 0.1) is 0 Å². The molecule has 25 valence electrons. The second-order valence-corrected chi connectivity index (χ2v) is 0.204. The molecule has 0 aliphatic heterocycles. The molecule has 0 aromatic heterocycles. The molecule has 0 rings (SSSR count). The topological polar surface area (TPSA) is 47.1 Å². The van der Waals surface area contributed by atoms with E-state index in [2.05, 4.69) is 0 Å². The van der Waals surface area contributed by atoms with Crippen LogP contribution in [-0.2, 0) is 4.79 Å². The van der Waals surface area contributed by atoms with Gasteiger partial charge in [-0.15, -0.1) is 0 Å². The molecule has 1 radical (unpaired) electrons. The van der Waals surface area contributed by atoms with E-state index >= 15 is 0 Å². The van der Waals surface area contributed by atoms with Gasteiger partial charge in [0.05, 0.1) is 0 Å². The van der Waals surface area contributed by atoms with E-state index in [0.29, 0.717) is 0 Å². The molecule has 0 amide bonds. The van der Waals surface area contributed by atoms with E-state index in [-0.39, 0.29) is 35.0 Å². The van der Waals surface area contributed by atoms with Crippen LogP contribution >= 0.6 is 0 Å². The van der Waals surface area contributed by atoms with Gasteiger partial charge in [-0.1, -0.05) is 0 Å². The Labute approximate surface area is 53.2 Å². The minimum atomic E-state index is 0. The average molecular weight is 83.0 g/mol. The summed E-state index contributed by atoms with van der Waals surface area (Å²) in [6.07, 6.45) is 1.50. The van der Waals surface area contributed by atoms with E-state index in [1.165, 1.54) is 13.2 Å². The van der Waals surface area contributed by atoms with Gasteiger partial charge < -0.3 is 5.48 Å². The van der Waals surface area contributed by atoms with Gasteiger partial charge in [-0.25, -0.2) is 0 Å². The molecule has 0 aliphatic carbocycles. The molecule has 0 bridgehead atoms. The molecule has 1 N–H and O–H groups in total. The zero-order chi connectivity index (χ0) is 2.71. The third-order valence-corrected chi connectivity index (χ3v) is 0. The van der Waals surface area contributed by atoms with Gasteiger partial charge in [0.2, 0.25) is 0 Å². The first kappa shape index (κ1) is 17.4. The Morgan fingerprint density at radius 1 is 1.60 bits per heavy atom. The van der Waals surface area contributed by atoms with Gasteiger partial charge in [0.1, 0.15) is 0 Å². The molecule has 5 heavy (non-hydrogen) atoms. The number of carbonyl (C=O) groups excluding carboxylic acids is 1. The molecule has 2 nitrogen and oxygen atoms in total. The first-order valence-corrected chi connectivity index (χ1v) is 0.704. The number of rotatable bonds is 0. The maximum Gasteiger partial charge on any atom is 1.00 e. The molecule has 0 saturated carbocycles. The summed E-state index contributed by atoms with van der Waals surface area (Å²) >= 11 is 0. The minimum absolute atomic E-state index is 0. The van der Waals surface area contributed by atoms with Gasteiger partial charge in [-0.05, 0) is 0 Å². The Morgan fingerprint density at radius 3 is 1.60 bits per heavy atom. The third kappa shape index (κ3) is 80.7. The van der Waals surface area contributed by atoms with Crippen LogP contribution in [0.5, 0.6) is 0 Å². The first-order valence-electron chi connectivity index (χ1n) is 0.704. The van der Waals surface area contributed by atoms with Crippen molar-refractivity contribution in [1.82, 2.24) is 0 Å². The van der Waals surface area contributed by atoms with Gasteiger partial charge in [0, 0.05) is 6.92 Å². The predicted molar refractivity (Wildman–Crippen MR) is 13.3 cm³/mol.